The van der Waals surface area contributed by atoms with Crippen LogP contribution in [0.3, 0.4) is 0 Å². The quantitative estimate of drug-likeness (QED) is 0.512. The minimum absolute atomic E-state index is 0.608. The molecule has 1 N–H and O–H groups in total. The van der Waals surface area contributed by atoms with Gasteiger partial charge in [-0.05, 0) is 34.6 Å². The standard InChI is InChI=1S/C8H17F2NS/c1-6(2,3)11-8(9,10)7(4,5)12/h11-12H,1-5H3. The molecule has 0 rings (SSSR count). The Morgan fingerprint density at radius 2 is 1.33 bits per heavy atom. The molecule has 0 saturated carbocycles. The van der Waals surface area contributed by atoms with Gasteiger partial charge in [0.2, 0.25) is 0 Å². The first-order chi connectivity index (χ1) is 4.96. The second-order valence-electron chi connectivity index (χ2n) is 4.51. The van der Waals surface area contributed by atoms with Crippen molar-refractivity contribution in [2.75, 3.05) is 0 Å². The van der Waals surface area contributed by atoms with Gasteiger partial charge in [-0.25, -0.2) is 0 Å². The van der Waals surface area contributed by atoms with Crippen molar-refractivity contribution in [3.8, 4) is 0 Å². The van der Waals surface area contributed by atoms with E-state index < -0.39 is 16.3 Å². The average molecular weight is 197 g/mol. The maximum absolute atomic E-state index is 13.2. The van der Waals surface area contributed by atoms with Gasteiger partial charge in [0, 0.05) is 5.54 Å². The topological polar surface area (TPSA) is 12.0 Å². The molecule has 0 amide bonds. The van der Waals surface area contributed by atoms with Crippen LogP contribution in [0.15, 0.2) is 0 Å². The molecular formula is C8H17F2NS. The largest absolute Gasteiger partial charge is 0.316 e. The molecule has 74 valence electrons. The molecule has 12 heavy (non-hydrogen) atoms. The van der Waals surface area contributed by atoms with Crippen LogP contribution in [0, 0.1) is 0 Å². The highest BCUT2D eigenvalue weighted by atomic mass is 32.1. The molecule has 0 unspecified atom stereocenters. The lowest BCUT2D eigenvalue weighted by Gasteiger charge is -2.35. The van der Waals surface area contributed by atoms with E-state index in [0.29, 0.717) is 0 Å². The number of nitrogens with one attached hydrogen (secondary N) is 1. The van der Waals surface area contributed by atoms with Gasteiger partial charge in [-0.15, -0.1) is 0 Å². The monoisotopic (exact) mass is 197 g/mol. The van der Waals surface area contributed by atoms with Gasteiger partial charge in [-0.2, -0.15) is 21.4 Å². The molecule has 0 aliphatic carbocycles. The first-order valence-corrected chi connectivity index (χ1v) is 4.30. The second-order valence-corrected chi connectivity index (χ2v) is 5.63. The Kier molecular flexibility index (Phi) is 3.19. The van der Waals surface area contributed by atoms with Crippen LogP contribution in [-0.2, 0) is 0 Å². The maximum Gasteiger partial charge on any atom is 0.316 e. The Morgan fingerprint density at radius 1 is 1.00 bits per heavy atom. The molecular weight excluding hydrogens is 180 g/mol. The Bertz CT molecular complexity index is 155. The van der Waals surface area contributed by atoms with Crippen molar-refractivity contribution < 1.29 is 8.78 Å². The highest BCUT2D eigenvalue weighted by Crippen LogP contribution is 2.32. The van der Waals surface area contributed by atoms with Gasteiger partial charge >= 0.3 is 6.05 Å². The van der Waals surface area contributed by atoms with Crippen molar-refractivity contribution in [2.24, 2.45) is 0 Å². The molecule has 0 aliphatic rings. The third-order valence-corrected chi connectivity index (χ3v) is 1.58. The van der Waals surface area contributed by atoms with Crippen molar-refractivity contribution in [1.29, 1.82) is 0 Å². The highest BCUT2D eigenvalue weighted by Gasteiger charge is 2.46. The zero-order chi connectivity index (χ0) is 10.2. The summed E-state index contributed by atoms with van der Waals surface area (Å²) in [7, 11) is 0. The van der Waals surface area contributed by atoms with E-state index in [9.17, 15) is 8.78 Å². The number of thiol groups is 1. The van der Waals surface area contributed by atoms with E-state index >= 15 is 0 Å². The van der Waals surface area contributed by atoms with Gasteiger partial charge < -0.3 is 0 Å². The van der Waals surface area contributed by atoms with Crippen LogP contribution in [0.1, 0.15) is 34.6 Å². The van der Waals surface area contributed by atoms with Crippen molar-refractivity contribution in [1.82, 2.24) is 5.32 Å². The Hall–Kier alpha value is 0.170. The van der Waals surface area contributed by atoms with Crippen LogP contribution in [-0.4, -0.2) is 16.3 Å². The summed E-state index contributed by atoms with van der Waals surface area (Å²) in [6, 6.07) is -2.96. The molecule has 0 radical (unpaired) electrons. The summed E-state index contributed by atoms with van der Waals surface area (Å²) in [6.45, 7) is 7.85. The van der Waals surface area contributed by atoms with E-state index in [4.69, 9.17) is 0 Å². The van der Waals surface area contributed by atoms with Gasteiger partial charge in [0.05, 0.1) is 4.75 Å². The molecule has 0 aromatic heterocycles. The predicted molar refractivity (Wildman–Crippen MR) is 50.9 cm³/mol. The minimum atomic E-state index is -2.96. The molecule has 0 fully saturated rings. The van der Waals surface area contributed by atoms with Crippen LogP contribution in [0.25, 0.3) is 0 Å². The predicted octanol–water partition coefficient (Wildman–Crippen LogP) is 2.68. The third-order valence-electron chi connectivity index (χ3n) is 1.30. The summed E-state index contributed by atoms with van der Waals surface area (Å²) in [5.41, 5.74) is -0.608. The fourth-order valence-corrected chi connectivity index (χ4v) is 0.680. The maximum atomic E-state index is 13.2. The van der Waals surface area contributed by atoms with Crippen LogP contribution in [0.2, 0.25) is 0 Å². The Morgan fingerprint density at radius 3 is 1.42 bits per heavy atom. The summed E-state index contributed by atoms with van der Waals surface area (Å²) in [5, 5.41) is 2.23. The normalized spacial score (nSPS) is 15.0. The van der Waals surface area contributed by atoms with Crippen LogP contribution in [0.5, 0.6) is 0 Å². The number of halogens is 2. The molecule has 1 nitrogen and oxygen atoms in total. The van der Waals surface area contributed by atoms with E-state index in [1.54, 1.807) is 20.8 Å². The summed E-state index contributed by atoms with van der Waals surface area (Å²) in [4.78, 5) is 0. The smallest absolute Gasteiger partial charge is 0.252 e. The summed E-state index contributed by atoms with van der Waals surface area (Å²) in [6.07, 6.45) is 0. The van der Waals surface area contributed by atoms with E-state index in [-0.39, 0.29) is 0 Å². The van der Waals surface area contributed by atoms with Crippen LogP contribution < -0.4 is 5.32 Å². The van der Waals surface area contributed by atoms with Crippen molar-refractivity contribution in [3.63, 3.8) is 0 Å². The molecule has 0 spiro atoms. The third kappa shape index (κ3) is 3.72. The Labute approximate surface area is 78.3 Å². The van der Waals surface area contributed by atoms with Gasteiger partial charge in [-0.1, -0.05) is 0 Å². The van der Waals surface area contributed by atoms with E-state index in [1.165, 1.54) is 13.8 Å². The van der Waals surface area contributed by atoms with Crippen molar-refractivity contribution >= 4 is 12.6 Å². The molecule has 0 aromatic carbocycles. The van der Waals surface area contributed by atoms with Gasteiger partial charge in [0.1, 0.15) is 0 Å². The van der Waals surface area contributed by atoms with Crippen molar-refractivity contribution in [3.05, 3.63) is 0 Å². The van der Waals surface area contributed by atoms with Gasteiger partial charge in [0.15, 0.2) is 0 Å². The molecule has 0 bridgehead atoms. The minimum Gasteiger partial charge on any atom is -0.252 e. The van der Waals surface area contributed by atoms with E-state index in [1.807, 2.05) is 0 Å². The average Bonchev–Trinajstić information content (AvgIpc) is 1.52. The summed E-state index contributed by atoms with van der Waals surface area (Å²) < 4.78 is 25.1. The molecule has 0 aliphatic heterocycles. The fraction of sp³-hybridized carbons (Fsp3) is 1.00. The first-order valence-electron chi connectivity index (χ1n) is 3.85. The number of rotatable bonds is 2. The van der Waals surface area contributed by atoms with E-state index in [2.05, 4.69) is 17.9 Å². The second kappa shape index (κ2) is 3.14. The summed E-state index contributed by atoms with van der Waals surface area (Å²) >= 11 is 3.83. The number of hydrogen-bond acceptors (Lipinski definition) is 2. The van der Waals surface area contributed by atoms with Gasteiger partial charge in [-0.3, -0.25) is 5.32 Å². The molecule has 0 aromatic rings. The molecule has 0 atom stereocenters. The number of hydrogen-bond donors (Lipinski definition) is 2. The van der Waals surface area contributed by atoms with Crippen LogP contribution in [0.4, 0.5) is 8.78 Å². The lowest BCUT2D eigenvalue weighted by molar-refractivity contribution is -0.0796. The SMILES string of the molecule is CC(C)(C)NC(F)(F)C(C)(C)S. The number of alkyl halides is 2. The van der Waals surface area contributed by atoms with Gasteiger partial charge in [0.25, 0.3) is 0 Å². The van der Waals surface area contributed by atoms with E-state index in [0.717, 1.165) is 0 Å². The van der Waals surface area contributed by atoms with Crippen LogP contribution >= 0.6 is 12.6 Å². The molecule has 4 heteroatoms. The fourth-order valence-electron chi connectivity index (χ4n) is 0.624. The molecule has 0 saturated heterocycles. The highest BCUT2D eigenvalue weighted by molar-refractivity contribution is 7.81. The molecule has 0 heterocycles. The first kappa shape index (κ1) is 12.2. The Balaban J connectivity index is 4.44. The lowest BCUT2D eigenvalue weighted by Crippen LogP contribution is -2.57. The zero-order valence-electron chi connectivity index (χ0n) is 8.20. The summed E-state index contributed by atoms with van der Waals surface area (Å²) in [5.74, 6) is 0. The zero-order valence-corrected chi connectivity index (χ0v) is 9.10. The van der Waals surface area contributed by atoms with Crippen molar-refractivity contribution in [2.45, 2.75) is 51.0 Å². The lowest BCUT2D eigenvalue weighted by atomic mass is 10.1.